The number of ether oxygens (including phenoxy) is 2. The SMILES string of the molecule is Cc1cc(Cl)ccc1OCCCC(=O)NCCCNC(=O)CCCOc1ccc(Cl)cc1C. The highest BCUT2D eigenvalue weighted by atomic mass is 35.5. The molecule has 33 heavy (non-hydrogen) atoms. The van der Waals surface area contributed by atoms with E-state index >= 15 is 0 Å². The molecule has 0 heterocycles. The smallest absolute Gasteiger partial charge is 0.220 e. The van der Waals surface area contributed by atoms with Gasteiger partial charge in [0.25, 0.3) is 0 Å². The number of hydrogen-bond acceptors (Lipinski definition) is 4. The number of nitrogens with one attached hydrogen (secondary N) is 2. The third-order valence-corrected chi connectivity index (χ3v) is 5.35. The highest BCUT2D eigenvalue weighted by Crippen LogP contribution is 2.22. The van der Waals surface area contributed by atoms with E-state index in [0.29, 0.717) is 68.5 Å². The topological polar surface area (TPSA) is 76.7 Å². The summed E-state index contributed by atoms with van der Waals surface area (Å²) in [5.41, 5.74) is 1.94. The zero-order chi connectivity index (χ0) is 24.1. The van der Waals surface area contributed by atoms with Crippen LogP contribution in [0.5, 0.6) is 11.5 Å². The zero-order valence-electron chi connectivity index (χ0n) is 19.2. The maximum atomic E-state index is 11.9. The number of benzene rings is 2. The Balaban J connectivity index is 1.45. The number of rotatable bonds is 14. The van der Waals surface area contributed by atoms with Crippen LogP contribution in [0.1, 0.15) is 43.2 Å². The third-order valence-electron chi connectivity index (χ3n) is 4.88. The van der Waals surface area contributed by atoms with Gasteiger partial charge in [0.2, 0.25) is 11.8 Å². The van der Waals surface area contributed by atoms with E-state index in [1.54, 1.807) is 12.1 Å². The Morgan fingerprint density at radius 2 is 1.15 bits per heavy atom. The largest absolute Gasteiger partial charge is 0.493 e. The van der Waals surface area contributed by atoms with Crippen molar-refractivity contribution in [1.82, 2.24) is 10.6 Å². The first-order valence-corrected chi connectivity index (χ1v) is 11.9. The molecular weight excluding hydrogens is 463 g/mol. The fourth-order valence-corrected chi connectivity index (χ4v) is 3.55. The second kappa shape index (κ2) is 14.7. The summed E-state index contributed by atoms with van der Waals surface area (Å²) >= 11 is 11.9. The molecule has 0 aromatic heterocycles. The molecule has 0 saturated heterocycles. The van der Waals surface area contributed by atoms with Crippen LogP contribution in [0.15, 0.2) is 36.4 Å². The molecule has 0 fully saturated rings. The van der Waals surface area contributed by atoms with Crippen molar-refractivity contribution in [3.05, 3.63) is 57.6 Å². The normalized spacial score (nSPS) is 10.5. The Kier molecular flexibility index (Phi) is 11.9. The quantitative estimate of drug-likeness (QED) is 0.351. The van der Waals surface area contributed by atoms with Gasteiger partial charge in [0.15, 0.2) is 0 Å². The van der Waals surface area contributed by atoms with Crippen molar-refractivity contribution in [3.63, 3.8) is 0 Å². The van der Waals surface area contributed by atoms with Crippen LogP contribution in [0.25, 0.3) is 0 Å². The number of halogens is 2. The standard InChI is InChI=1S/C25H32Cl2N2O4/c1-18-16-20(26)8-10-22(18)32-14-3-6-24(30)28-12-5-13-29-25(31)7-4-15-33-23-11-9-21(27)17-19(23)2/h8-11,16-17H,3-7,12-15H2,1-2H3,(H,28,30)(H,29,31). The van der Waals surface area contributed by atoms with E-state index in [-0.39, 0.29) is 11.8 Å². The van der Waals surface area contributed by atoms with Gasteiger partial charge in [0.1, 0.15) is 11.5 Å². The van der Waals surface area contributed by atoms with Crippen molar-refractivity contribution in [1.29, 1.82) is 0 Å². The molecule has 8 heteroatoms. The van der Waals surface area contributed by atoms with E-state index in [9.17, 15) is 9.59 Å². The lowest BCUT2D eigenvalue weighted by Crippen LogP contribution is -2.30. The predicted octanol–water partition coefficient (Wildman–Crippen LogP) is 5.25. The van der Waals surface area contributed by atoms with Crippen LogP contribution < -0.4 is 20.1 Å². The van der Waals surface area contributed by atoms with Crippen molar-refractivity contribution >= 4 is 35.0 Å². The van der Waals surface area contributed by atoms with E-state index < -0.39 is 0 Å². The molecule has 0 radical (unpaired) electrons. The number of carbonyl (C=O) groups is 2. The number of carbonyl (C=O) groups excluding carboxylic acids is 2. The second-order valence-corrected chi connectivity index (χ2v) is 8.65. The van der Waals surface area contributed by atoms with E-state index in [1.165, 1.54) is 0 Å². The van der Waals surface area contributed by atoms with Crippen LogP contribution in [0.4, 0.5) is 0 Å². The van der Waals surface area contributed by atoms with Crippen molar-refractivity contribution < 1.29 is 19.1 Å². The monoisotopic (exact) mass is 494 g/mol. The predicted molar refractivity (Wildman–Crippen MR) is 132 cm³/mol. The van der Waals surface area contributed by atoms with Crippen molar-refractivity contribution in [3.8, 4) is 11.5 Å². The Hall–Kier alpha value is -2.44. The lowest BCUT2D eigenvalue weighted by molar-refractivity contribution is -0.121. The first-order chi connectivity index (χ1) is 15.8. The van der Waals surface area contributed by atoms with E-state index in [1.807, 2.05) is 38.1 Å². The summed E-state index contributed by atoms with van der Waals surface area (Å²) in [5, 5.41) is 7.07. The molecule has 0 aliphatic rings. The first-order valence-electron chi connectivity index (χ1n) is 11.2. The molecule has 180 valence electrons. The van der Waals surface area contributed by atoms with Crippen molar-refractivity contribution in [2.75, 3.05) is 26.3 Å². The van der Waals surface area contributed by atoms with Crippen LogP contribution in [0, 0.1) is 13.8 Å². The summed E-state index contributed by atoms with van der Waals surface area (Å²) in [5.74, 6) is 1.52. The second-order valence-electron chi connectivity index (χ2n) is 7.78. The summed E-state index contributed by atoms with van der Waals surface area (Å²) in [6, 6.07) is 10.9. The van der Waals surface area contributed by atoms with Crippen LogP contribution in [0.3, 0.4) is 0 Å². The maximum Gasteiger partial charge on any atom is 0.220 e. The highest BCUT2D eigenvalue weighted by Gasteiger charge is 2.05. The van der Waals surface area contributed by atoms with Gasteiger partial charge in [-0.2, -0.15) is 0 Å². The van der Waals surface area contributed by atoms with Crippen molar-refractivity contribution in [2.45, 2.75) is 46.0 Å². The Bertz CT molecular complexity index is 848. The average Bonchev–Trinajstić information content (AvgIpc) is 2.76. The maximum absolute atomic E-state index is 11.9. The summed E-state index contributed by atoms with van der Waals surface area (Å²) < 4.78 is 11.4. The Labute approximate surface area is 205 Å². The van der Waals surface area contributed by atoms with Crippen LogP contribution in [-0.2, 0) is 9.59 Å². The minimum absolute atomic E-state index is 0.0209. The molecule has 0 saturated carbocycles. The lowest BCUT2D eigenvalue weighted by atomic mass is 10.2. The van der Waals surface area contributed by atoms with Crippen LogP contribution >= 0.6 is 23.2 Å². The van der Waals surface area contributed by atoms with E-state index in [0.717, 1.165) is 22.6 Å². The van der Waals surface area contributed by atoms with Gasteiger partial charge in [0, 0.05) is 36.0 Å². The minimum atomic E-state index is -0.0209. The van der Waals surface area contributed by atoms with Gasteiger partial charge < -0.3 is 20.1 Å². The number of aryl methyl sites for hydroxylation is 2. The molecule has 0 aliphatic carbocycles. The molecule has 2 rings (SSSR count). The number of amides is 2. The summed E-state index contributed by atoms with van der Waals surface area (Å²) in [7, 11) is 0. The van der Waals surface area contributed by atoms with Gasteiger partial charge in [-0.15, -0.1) is 0 Å². The highest BCUT2D eigenvalue weighted by molar-refractivity contribution is 6.31. The Morgan fingerprint density at radius 1 is 0.727 bits per heavy atom. The molecule has 2 aromatic rings. The molecule has 0 atom stereocenters. The van der Waals surface area contributed by atoms with Gasteiger partial charge in [-0.05, 0) is 80.6 Å². The zero-order valence-corrected chi connectivity index (χ0v) is 20.7. The fraction of sp³-hybridized carbons (Fsp3) is 0.440. The molecule has 0 unspecified atom stereocenters. The molecule has 0 spiro atoms. The average molecular weight is 495 g/mol. The van der Waals surface area contributed by atoms with Crippen molar-refractivity contribution in [2.24, 2.45) is 0 Å². The van der Waals surface area contributed by atoms with Gasteiger partial charge in [0.05, 0.1) is 13.2 Å². The molecule has 6 nitrogen and oxygen atoms in total. The molecule has 0 bridgehead atoms. The van der Waals surface area contributed by atoms with Crippen LogP contribution in [-0.4, -0.2) is 38.1 Å². The molecule has 2 amide bonds. The van der Waals surface area contributed by atoms with Gasteiger partial charge >= 0.3 is 0 Å². The fourth-order valence-electron chi connectivity index (χ4n) is 3.10. The molecule has 2 N–H and O–H groups in total. The molecule has 2 aromatic carbocycles. The number of hydrogen-bond donors (Lipinski definition) is 2. The van der Waals surface area contributed by atoms with Gasteiger partial charge in [-0.3, -0.25) is 9.59 Å². The summed E-state index contributed by atoms with van der Waals surface area (Å²) in [6.45, 7) is 5.84. The minimum Gasteiger partial charge on any atom is -0.493 e. The molecule has 0 aliphatic heterocycles. The van der Waals surface area contributed by atoms with E-state index in [2.05, 4.69) is 10.6 Å². The third kappa shape index (κ3) is 10.8. The summed E-state index contributed by atoms with van der Waals surface area (Å²) in [6.07, 6.45) is 2.72. The van der Waals surface area contributed by atoms with Gasteiger partial charge in [-0.25, -0.2) is 0 Å². The first kappa shape index (κ1) is 26.8. The summed E-state index contributed by atoms with van der Waals surface area (Å²) in [4.78, 5) is 23.8. The van der Waals surface area contributed by atoms with Crippen LogP contribution in [0.2, 0.25) is 10.0 Å². The lowest BCUT2D eigenvalue weighted by Gasteiger charge is -2.10. The van der Waals surface area contributed by atoms with E-state index in [4.69, 9.17) is 32.7 Å². The molecular formula is C25H32Cl2N2O4. The van der Waals surface area contributed by atoms with Gasteiger partial charge in [-0.1, -0.05) is 23.2 Å². The Morgan fingerprint density at radius 3 is 1.55 bits per heavy atom.